The highest BCUT2D eigenvalue weighted by Gasteiger charge is 2.31. The van der Waals surface area contributed by atoms with E-state index in [0.29, 0.717) is 24.0 Å². The summed E-state index contributed by atoms with van der Waals surface area (Å²) >= 11 is 0. The van der Waals surface area contributed by atoms with Crippen molar-refractivity contribution in [1.82, 2.24) is 40.0 Å². The summed E-state index contributed by atoms with van der Waals surface area (Å²) in [5, 5.41) is 20.8. The molecule has 13 nitrogen and oxygen atoms in total. The number of nitrogens with zero attached hydrogens (tertiary/aromatic N) is 6. The summed E-state index contributed by atoms with van der Waals surface area (Å²) in [7, 11) is -3.52. The van der Waals surface area contributed by atoms with Crippen molar-refractivity contribution in [3.05, 3.63) is 65.3 Å². The number of hydrogen-bond donors (Lipinski definition) is 3. The third kappa shape index (κ3) is 5.87. The molecule has 0 unspecified atom stereocenters. The normalized spacial score (nSPS) is 16.3. The third-order valence-electron chi connectivity index (χ3n) is 6.60. The lowest BCUT2D eigenvalue weighted by molar-refractivity contribution is 0.0894. The van der Waals surface area contributed by atoms with Gasteiger partial charge in [0.25, 0.3) is 0 Å². The number of hydrogen-bond acceptors (Lipinski definition) is 10. The number of benzene rings is 1. The van der Waals surface area contributed by atoms with Crippen LogP contribution >= 0.6 is 0 Å². The number of nitrogens with one attached hydrogen (secondary N) is 3. The highest BCUT2D eigenvalue weighted by atomic mass is 32.2. The van der Waals surface area contributed by atoms with Crippen LogP contribution < -0.4 is 10.6 Å². The van der Waals surface area contributed by atoms with Crippen LogP contribution in [0.5, 0.6) is 0 Å². The van der Waals surface area contributed by atoms with Crippen LogP contribution in [0.1, 0.15) is 60.2 Å². The lowest BCUT2D eigenvalue weighted by atomic mass is 9.96. The van der Waals surface area contributed by atoms with Crippen molar-refractivity contribution in [2.75, 3.05) is 24.7 Å². The molecule has 1 atom stereocenters. The maximum Gasteiger partial charge on any atom is 0.309 e. The molecule has 0 spiro atoms. The minimum atomic E-state index is -3.52. The van der Waals surface area contributed by atoms with E-state index >= 15 is 0 Å². The van der Waals surface area contributed by atoms with Crippen molar-refractivity contribution in [3.63, 3.8) is 0 Å². The topological polar surface area (TPSA) is 172 Å². The number of carbonyl (C=O) groups excluding carboxylic acids is 1. The van der Waals surface area contributed by atoms with Crippen molar-refractivity contribution in [2.24, 2.45) is 0 Å². The smallest absolute Gasteiger partial charge is 0.309 e. The molecular weight excluding hydrogens is 534 g/mol. The predicted octanol–water partition coefficient (Wildman–Crippen LogP) is 2.89. The fourth-order valence-corrected chi connectivity index (χ4v) is 5.24. The third-order valence-corrected chi connectivity index (χ3v) is 7.87. The van der Waals surface area contributed by atoms with E-state index in [9.17, 15) is 13.2 Å². The van der Waals surface area contributed by atoms with Crippen LogP contribution in [-0.4, -0.2) is 68.3 Å². The van der Waals surface area contributed by atoms with Gasteiger partial charge in [-0.3, -0.25) is 9.89 Å². The number of H-pyrrole nitrogens is 1. The van der Waals surface area contributed by atoms with Crippen LogP contribution in [0, 0.1) is 6.92 Å². The van der Waals surface area contributed by atoms with Crippen LogP contribution in [0.25, 0.3) is 11.3 Å². The van der Waals surface area contributed by atoms with Gasteiger partial charge < -0.3 is 15.1 Å². The summed E-state index contributed by atoms with van der Waals surface area (Å²) in [6, 6.07) is 6.93. The van der Waals surface area contributed by atoms with Crippen LogP contribution in [0.4, 0.5) is 11.6 Å². The van der Waals surface area contributed by atoms with Gasteiger partial charge in [-0.15, -0.1) is 10.2 Å². The SMILES string of the molecule is Cc1[nH]ncc1Nc1nccc(-c2ccc3c(c2)CCN(S(C)(=O)=O)C[C@H]3NC(=O)c2nnc(C(C)(C)C)o2)n1. The number of sulfonamides is 1. The van der Waals surface area contributed by atoms with E-state index in [2.05, 4.69) is 41.0 Å². The number of aromatic nitrogens is 6. The van der Waals surface area contributed by atoms with Crippen LogP contribution in [-0.2, 0) is 21.9 Å². The first-order valence-corrected chi connectivity index (χ1v) is 14.6. The maximum absolute atomic E-state index is 13.1. The average molecular weight is 566 g/mol. The quantitative estimate of drug-likeness (QED) is 0.316. The maximum atomic E-state index is 13.1. The average Bonchev–Trinajstić information content (AvgIpc) is 3.51. The summed E-state index contributed by atoms with van der Waals surface area (Å²) in [6.07, 6.45) is 4.95. The second-order valence-electron chi connectivity index (χ2n) is 10.8. The van der Waals surface area contributed by atoms with E-state index in [1.165, 1.54) is 4.31 Å². The van der Waals surface area contributed by atoms with Gasteiger partial charge in [0.2, 0.25) is 21.9 Å². The van der Waals surface area contributed by atoms with E-state index in [-0.39, 0.29) is 19.0 Å². The van der Waals surface area contributed by atoms with Gasteiger partial charge in [0.15, 0.2) is 0 Å². The molecule has 14 heteroatoms. The van der Waals surface area contributed by atoms with Crippen molar-refractivity contribution in [2.45, 2.75) is 45.6 Å². The largest absolute Gasteiger partial charge is 0.416 e. The number of fused-ring (bicyclic) bond motifs is 1. The molecule has 0 saturated heterocycles. The molecule has 1 aliphatic rings. The summed E-state index contributed by atoms with van der Waals surface area (Å²) in [5.74, 6) is 0.00837. The van der Waals surface area contributed by atoms with E-state index in [1.54, 1.807) is 18.5 Å². The van der Waals surface area contributed by atoms with Crippen LogP contribution in [0.2, 0.25) is 0 Å². The summed E-state index contributed by atoms with van der Waals surface area (Å²) in [4.78, 5) is 22.1. The Balaban J connectivity index is 1.45. The highest BCUT2D eigenvalue weighted by molar-refractivity contribution is 7.88. The van der Waals surface area contributed by atoms with Gasteiger partial charge >= 0.3 is 11.8 Å². The molecule has 0 fully saturated rings. The lowest BCUT2D eigenvalue weighted by Gasteiger charge is -2.23. The molecule has 3 N–H and O–H groups in total. The monoisotopic (exact) mass is 565 g/mol. The summed E-state index contributed by atoms with van der Waals surface area (Å²) in [5.41, 5.74) is 4.43. The molecular formula is C26H31N9O4S. The first-order chi connectivity index (χ1) is 18.9. The van der Waals surface area contributed by atoms with Gasteiger partial charge in [-0.1, -0.05) is 32.9 Å². The molecule has 210 valence electrons. The molecule has 5 rings (SSSR count). The number of anilines is 2. The number of amides is 1. The fraction of sp³-hybridized carbons (Fsp3) is 0.385. The Kier molecular flexibility index (Phi) is 7.14. The molecule has 0 radical (unpaired) electrons. The van der Waals surface area contributed by atoms with Gasteiger partial charge in [0, 0.05) is 30.3 Å². The summed E-state index contributed by atoms with van der Waals surface area (Å²) < 4.78 is 32.0. The molecule has 1 aliphatic heterocycles. The first kappa shape index (κ1) is 27.4. The minimum absolute atomic E-state index is 0.0722. The Hall–Kier alpha value is -4.17. The number of rotatable bonds is 6. The molecule has 4 aromatic rings. The molecule has 1 amide bonds. The number of carbonyl (C=O) groups is 1. The Labute approximate surface area is 231 Å². The van der Waals surface area contributed by atoms with Crippen molar-refractivity contribution < 1.29 is 17.6 Å². The second-order valence-corrected chi connectivity index (χ2v) is 12.8. The predicted molar refractivity (Wildman–Crippen MR) is 147 cm³/mol. The Bertz CT molecular complexity index is 1660. The van der Waals surface area contributed by atoms with Crippen molar-refractivity contribution in [1.29, 1.82) is 0 Å². The Morgan fingerprint density at radius 2 is 2.00 bits per heavy atom. The number of aromatic amines is 1. The van der Waals surface area contributed by atoms with Gasteiger partial charge in [0.1, 0.15) is 0 Å². The van der Waals surface area contributed by atoms with E-state index in [4.69, 9.17) is 4.42 Å². The zero-order valence-corrected chi connectivity index (χ0v) is 23.7. The van der Waals surface area contributed by atoms with Crippen molar-refractivity contribution >= 4 is 27.6 Å². The van der Waals surface area contributed by atoms with E-state index < -0.39 is 27.4 Å². The van der Waals surface area contributed by atoms with Crippen LogP contribution in [0.15, 0.2) is 41.1 Å². The minimum Gasteiger partial charge on any atom is -0.416 e. The molecule has 40 heavy (non-hydrogen) atoms. The molecule has 3 aromatic heterocycles. The van der Waals surface area contributed by atoms with Crippen LogP contribution in [0.3, 0.4) is 0 Å². The standard InChI is InChI=1S/C26H31N9O4S/c1-15-20(13-28-32-15)31-25-27-10-8-19(30-25)17-6-7-18-16(12-17)9-11-35(40(5,37)38)14-21(18)29-22(36)23-33-34-24(39-23)26(2,3)4/h6-8,10,12-13,21H,9,11,14H2,1-5H3,(H,28,32)(H,29,36)(H,27,30,31)/t21-/m1/s1. The van der Waals surface area contributed by atoms with Gasteiger partial charge in [-0.05, 0) is 36.6 Å². The first-order valence-electron chi connectivity index (χ1n) is 12.7. The van der Waals surface area contributed by atoms with Crippen molar-refractivity contribution in [3.8, 4) is 11.3 Å². The highest BCUT2D eigenvalue weighted by Crippen LogP contribution is 2.30. The lowest BCUT2D eigenvalue weighted by Crippen LogP contribution is -2.39. The second kappa shape index (κ2) is 10.4. The number of aryl methyl sites for hydroxylation is 1. The van der Waals surface area contributed by atoms with Gasteiger partial charge in [0.05, 0.1) is 35.6 Å². The van der Waals surface area contributed by atoms with E-state index in [1.807, 2.05) is 45.9 Å². The molecule has 0 bridgehead atoms. The molecule has 0 saturated carbocycles. The molecule has 1 aromatic carbocycles. The fourth-order valence-electron chi connectivity index (χ4n) is 4.40. The zero-order valence-electron chi connectivity index (χ0n) is 22.9. The molecule has 0 aliphatic carbocycles. The zero-order chi connectivity index (χ0) is 28.7. The van der Waals surface area contributed by atoms with E-state index in [0.717, 1.165) is 34.3 Å². The Morgan fingerprint density at radius 1 is 1.20 bits per heavy atom. The van der Waals surface area contributed by atoms with Gasteiger partial charge in [-0.2, -0.15) is 9.40 Å². The summed E-state index contributed by atoms with van der Waals surface area (Å²) in [6.45, 7) is 7.94. The molecule has 4 heterocycles. The van der Waals surface area contributed by atoms with Gasteiger partial charge in [-0.25, -0.2) is 18.4 Å². The Morgan fingerprint density at radius 3 is 2.67 bits per heavy atom.